The molecule has 2 aliphatic heterocycles. The summed E-state index contributed by atoms with van der Waals surface area (Å²) in [6, 6.07) is 4.02. The molecule has 1 aromatic rings. The third-order valence-electron chi connectivity index (χ3n) is 4.67. The molecule has 3 heterocycles. The largest absolute Gasteiger partial charge is 0.490 e. The van der Waals surface area contributed by atoms with E-state index in [2.05, 4.69) is 24.1 Å². The first-order valence-corrected chi connectivity index (χ1v) is 9.46. The number of rotatable bonds is 5. The maximum atomic E-state index is 12.3. The second-order valence-electron chi connectivity index (χ2n) is 7.79. The molecule has 2 bridgehead atoms. The van der Waals surface area contributed by atoms with Crippen molar-refractivity contribution in [3.8, 4) is 0 Å². The van der Waals surface area contributed by atoms with E-state index in [1.165, 1.54) is 0 Å². The highest BCUT2D eigenvalue weighted by molar-refractivity contribution is 5.79. The van der Waals surface area contributed by atoms with E-state index in [9.17, 15) is 18.0 Å². The Hall–Kier alpha value is -2.07. The number of morpholine rings is 1. The molecule has 3 atom stereocenters. The molecule has 0 radical (unpaired) electrons. The smallest absolute Gasteiger partial charge is 0.475 e. The van der Waals surface area contributed by atoms with Crippen LogP contribution in [0.15, 0.2) is 16.5 Å². The van der Waals surface area contributed by atoms with Crippen LogP contribution in [-0.2, 0) is 20.9 Å². The molecule has 0 saturated carbocycles. The number of hydrogen-bond acceptors (Lipinski definition) is 5. The molecule has 2 saturated heterocycles. The molecular formula is C19H27F3N2O5. The number of ether oxygens (including phenoxy) is 1. The van der Waals surface area contributed by atoms with Crippen molar-refractivity contribution in [2.45, 2.75) is 52.1 Å². The summed E-state index contributed by atoms with van der Waals surface area (Å²) in [5.41, 5.74) is 0. The molecule has 10 heteroatoms. The van der Waals surface area contributed by atoms with E-state index >= 15 is 0 Å². The van der Waals surface area contributed by atoms with Gasteiger partial charge in [-0.3, -0.25) is 9.69 Å². The van der Waals surface area contributed by atoms with Crippen LogP contribution in [0.2, 0.25) is 0 Å². The lowest BCUT2D eigenvalue weighted by atomic mass is 9.99. The maximum absolute atomic E-state index is 12.3. The van der Waals surface area contributed by atoms with Gasteiger partial charge in [-0.1, -0.05) is 13.8 Å². The van der Waals surface area contributed by atoms with E-state index in [0.717, 1.165) is 44.1 Å². The topological polar surface area (TPSA) is 92.0 Å². The number of carbonyl (C=O) groups is 2. The van der Waals surface area contributed by atoms with Gasteiger partial charge in [-0.05, 0) is 31.4 Å². The summed E-state index contributed by atoms with van der Waals surface area (Å²) < 4.78 is 43.4. The summed E-state index contributed by atoms with van der Waals surface area (Å²) in [6.07, 6.45) is -4.06. The fourth-order valence-electron chi connectivity index (χ4n) is 3.37. The predicted molar refractivity (Wildman–Crippen MR) is 97.0 cm³/mol. The van der Waals surface area contributed by atoms with Crippen molar-refractivity contribution in [3.63, 3.8) is 0 Å². The molecule has 2 fully saturated rings. The summed E-state index contributed by atoms with van der Waals surface area (Å²) in [4.78, 5) is 23.6. The number of carboxylic acids is 1. The third-order valence-corrected chi connectivity index (χ3v) is 4.67. The number of halogens is 3. The summed E-state index contributed by atoms with van der Waals surface area (Å²) in [5, 5.41) is 10.2. The Morgan fingerprint density at radius 2 is 1.97 bits per heavy atom. The zero-order chi connectivity index (χ0) is 21.8. The molecular weight excluding hydrogens is 393 g/mol. The monoisotopic (exact) mass is 420 g/mol. The lowest BCUT2D eigenvalue weighted by molar-refractivity contribution is -0.192. The predicted octanol–water partition coefficient (Wildman–Crippen LogP) is 2.58. The van der Waals surface area contributed by atoms with E-state index in [4.69, 9.17) is 19.1 Å². The molecule has 2 N–H and O–H groups in total. The number of amides is 1. The molecule has 164 valence electrons. The van der Waals surface area contributed by atoms with Crippen molar-refractivity contribution in [1.82, 2.24) is 10.2 Å². The number of aliphatic carboxylic acids is 1. The van der Waals surface area contributed by atoms with Crippen LogP contribution < -0.4 is 5.32 Å². The second-order valence-corrected chi connectivity index (χ2v) is 7.79. The number of fused-ring (bicyclic) bond motifs is 2. The molecule has 1 amide bonds. The Balaban J connectivity index is 0.000000370. The molecule has 7 nitrogen and oxygen atoms in total. The van der Waals surface area contributed by atoms with Crippen molar-refractivity contribution in [1.29, 1.82) is 0 Å². The Labute approximate surface area is 167 Å². The number of furan rings is 1. The minimum atomic E-state index is -5.08. The molecule has 0 spiro atoms. The van der Waals surface area contributed by atoms with E-state index in [-0.39, 0.29) is 24.0 Å². The van der Waals surface area contributed by atoms with Crippen LogP contribution in [0.5, 0.6) is 0 Å². The van der Waals surface area contributed by atoms with Gasteiger partial charge in [-0.2, -0.15) is 13.2 Å². The van der Waals surface area contributed by atoms with Crippen LogP contribution in [0.25, 0.3) is 0 Å². The highest BCUT2D eigenvalue weighted by Crippen LogP contribution is 2.32. The second kappa shape index (κ2) is 9.62. The fraction of sp³-hybridized carbons (Fsp3) is 0.684. The molecule has 0 aromatic carbocycles. The maximum Gasteiger partial charge on any atom is 0.490 e. The van der Waals surface area contributed by atoms with Gasteiger partial charge in [0, 0.05) is 19.6 Å². The van der Waals surface area contributed by atoms with Gasteiger partial charge in [0.15, 0.2) is 0 Å². The molecule has 0 unspecified atom stereocenters. The number of carbonyl (C=O) groups excluding carboxylic acids is 1. The number of nitrogens with one attached hydrogen (secondary N) is 1. The van der Waals surface area contributed by atoms with Gasteiger partial charge in [-0.15, -0.1) is 0 Å². The first-order chi connectivity index (χ1) is 13.5. The van der Waals surface area contributed by atoms with Crippen molar-refractivity contribution >= 4 is 11.9 Å². The quantitative estimate of drug-likeness (QED) is 0.761. The van der Waals surface area contributed by atoms with Gasteiger partial charge in [0.2, 0.25) is 5.91 Å². The minimum Gasteiger partial charge on any atom is -0.475 e. The fourth-order valence-corrected chi connectivity index (χ4v) is 3.37. The number of likely N-dealkylation sites (tertiary alicyclic amines) is 1. The van der Waals surface area contributed by atoms with Gasteiger partial charge >= 0.3 is 12.1 Å². The van der Waals surface area contributed by atoms with E-state index in [1.807, 2.05) is 19.1 Å². The summed E-state index contributed by atoms with van der Waals surface area (Å²) in [6.45, 7) is 9.39. The molecule has 29 heavy (non-hydrogen) atoms. The van der Waals surface area contributed by atoms with Gasteiger partial charge in [0.05, 0.1) is 24.7 Å². The first kappa shape index (κ1) is 23.2. The number of hydrogen-bond donors (Lipinski definition) is 2. The first-order valence-electron chi connectivity index (χ1n) is 9.46. The average molecular weight is 420 g/mol. The van der Waals surface area contributed by atoms with Crippen LogP contribution in [0, 0.1) is 18.8 Å². The molecule has 1 aromatic heterocycles. The Morgan fingerprint density at radius 1 is 1.31 bits per heavy atom. The molecule has 2 aliphatic rings. The number of alkyl halides is 3. The highest BCUT2D eigenvalue weighted by atomic mass is 19.4. The summed E-state index contributed by atoms with van der Waals surface area (Å²) in [7, 11) is 0. The number of nitrogens with zero attached hydrogens (tertiary/aromatic N) is 1. The Bertz CT molecular complexity index is 704. The van der Waals surface area contributed by atoms with Crippen molar-refractivity contribution < 1.29 is 37.0 Å². The van der Waals surface area contributed by atoms with Gasteiger partial charge < -0.3 is 19.6 Å². The minimum absolute atomic E-state index is 0.00733. The van der Waals surface area contributed by atoms with Crippen molar-refractivity contribution in [3.05, 3.63) is 23.7 Å². The average Bonchev–Trinajstić information content (AvgIpc) is 3.14. The van der Waals surface area contributed by atoms with E-state index in [1.54, 1.807) is 0 Å². The van der Waals surface area contributed by atoms with E-state index < -0.39 is 12.1 Å². The molecule has 0 aliphatic carbocycles. The van der Waals surface area contributed by atoms with Crippen molar-refractivity contribution in [2.75, 3.05) is 19.6 Å². The van der Waals surface area contributed by atoms with E-state index in [0.29, 0.717) is 5.92 Å². The lowest BCUT2D eigenvalue weighted by Gasteiger charge is -2.32. The van der Waals surface area contributed by atoms with Crippen LogP contribution in [0.1, 0.15) is 31.8 Å². The summed E-state index contributed by atoms with van der Waals surface area (Å²) in [5.74, 6) is -0.211. The SMILES string of the molecule is Cc1ccc(CN2C[C@H]3C[C@H](C(=O)NCC(C)C)[C@@H](C2)O3)o1.O=C(O)C(F)(F)F. The Morgan fingerprint density at radius 3 is 2.48 bits per heavy atom. The van der Waals surface area contributed by atoms with Crippen LogP contribution in [-0.4, -0.2) is 59.9 Å². The van der Waals surface area contributed by atoms with Gasteiger partial charge in [0.1, 0.15) is 11.5 Å². The lowest BCUT2D eigenvalue weighted by Crippen LogP contribution is -2.45. The van der Waals surface area contributed by atoms with Crippen molar-refractivity contribution in [2.24, 2.45) is 11.8 Å². The standard InChI is InChI=1S/C17H26N2O3.C2HF3O2/c1-11(2)7-18-17(20)15-6-14-9-19(10-16(15)22-14)8-13-5-4-12(3)21-13;3-2(4,5)1(6)7/h4-5,11,14-16H,6-10H2,1-3H3,(H,18,20);(H,6,7)/t14-,15+,16-;/m1./s1. The highest BCUT2D eigenvalue weighted by Gasteiger charge is 2.44. The zero-order valence-electron chi connectivity index (χ0n) is 16.7. The number of carboxylic acid groups (broad SMARTS) is 1. The normalized spacial score (nSPS) is 24.2. The Kier molecular flexibility index (Phi) is 7.70. The van der Waals surface area contributed by atoms with Crippen LogP contribution in [0.4, 0.5) is 13.2 Å². The van der Waals surface area contributed by atoms with Gasteiger partial charge in [0.25, 0.3) is 0 Å². The number of aryl methyl sites for hydroxylation is 1. The van der Waals surface area contributed by atoms with Gasteiger partial charge in [-0.25, -0.2) is 4.79 Å². The van der Waals surface area contributed by atoms with Crippen LogP contribution >= 0.6 is 0 Å². The zero-order valence-corrected chi connectivity index (χ0v) is 16.7. The van der Waals surface area contributed by atoms with Crippen LogP contribution in [0.3, 0.4) is 0 Å². The molecule has 3 rings (SSSR count). The summed E-state index contributed by atoms with van der Waals surface area (Å²) >= 11 is 0. The third kappa shape index (κ3) is 7.04.